The highest BCUT2D eigenvalue weighted by Gasteiger charge is 2.21. The van der Waals surface area contributed by atoms with Gasteiger partial charge in [-0.2, -0.15) is 5.10 Å². The highest BCUT2D eigenvalue weighted by molar-refractivity contribution is 5.95. The normalized spacial score (nSPS) is 10.7. The third kappa shape index (κ3) is 7.63. The van der Waals surface area contributed by atoms with Crippen molar-refractivity contribution in [2.24, 2.45) is 5.10 Å². The standard InChI is InChI=1S/C29H24N4O8/c1-2-39-28-16-22(11-13-27(28)40-19-20-7-4-3-5-8-20)29(34)31-30-18-21-9-6-10-24(15-21)41-26-14-12-23(32(35)36)17-25(26)33(37)38/h3-18H,2,19H2,1H3,(H,31,34)/b30-18+. The van der Waals surface area contributed by atoms with E-state index in [0.29, 0.717) is 35.8 Å². The quantitative estimate of drug-likeness (QED) is 0.126. The Hall–Kier alpha value is -5.78. The fourth-order valence-electron chi connectivity index (χ4n) is 3.64. The SMILES string of the molecule is CCOc1cc(C(=O)N/N=C/c2cccc(Oc3ccc([N+](=O)[O-])cc3[N+](=O)[O-])c2)ccc1OCc1ccccc1. The second-order valence-electron chi connectivity index (χ2n) is 8.41. The lowest BCUT2D eigenvalue weighted by molar-refractivity contribution is -0.394. The molecule has 0 bridgehead atoms. The Morgan fingerprint density at radius 3 is 2.37 bits per heavy atom. The van der Waals surface area contributed by atoms with E-state index in [1.807, 2.05) is 37.3 Å². The number of amides is 1. The second kappa shape index (κ2) is 13.3. The molecule has 41 heavy (non-hydrogen) atoms. The van der Waals surface area contributed by atoms with E-state index in [1.165, 1.54) is 12.3 Å². The van der Waals surface area contributed by atoms with E-state index >= 15 is 0 Å². The van der Waals surface area contributed by atoms with Crippen LogP contribution < -0.4 is 19.6 Å². The van der Waals surface area contributed by atoms with E-state index in [-0.39, 0.29) is 11.5 Å². The Labute approximate surface area is 234 Å². The summed E-state index contributed by atoms with van der Waals surface area (Å²) in [6, 6.07) is 24.0. The summed E-state index contributed by atoms with van der Waals surface area (Å²) in [5.74, 6) is 0.505. The lowest BCUT2D eigenvalue weighted by Gasteiger charge is -2.13. The molecule has 4 rings (SSSR count). The van der Waals surface area contributed by atoms with Crippen molar-refractivity contribution in [3.8, 4) is 23.0 Å². The minimum atomic E-state index is -0.762. The molecule has 12 nitrogen and oxygen atoms in total. The van der Waals surface area contributed by atoms with Crippen LogP contribution in [0.2, 0.25) is 0 Å². The number of nitro groups is 2. The summed E-state index contributed by atoms with van der Waals surface area (Å²) in [7, 11) is 0. The molecule has 0 aliphatic carbocycles. The van der Waals surface area contributed by atoms with Crippen LogP contribution in [0.25, 0.3) is 0 Å². The van der Waals surface area contributed by atoms with E-state index < -0.39 is 27.1 Å². The number of non-ortho nitro benzene ring substituents is 1. The Balaban J connectivity index is 1.41. The Morgan fingerprint density at radius 1 is 0.854 bits per heavy atom. The summed E-state index contributed by atoms with van der Waals surface area (Å²) in [6.07, 6.45) is 1.37. The topological polar surface area (TPSA) is 155 Å². The number of nitrogens with zero attached hydrogens (tertiary/aromatic N) is 3. The Morgan fingerprint density at radius 2 is 1.63 bits per heavy atom. The summed E-state index contributed by atoms with van der Waals surface area (Å²) in [5.41, 5.74) is 3.29. The van der Waals surface area contributed by atoms with Gasteiger partial charge in [-0.1, -0.05) is 42.5 Å². The van der Waals surface area contributed by atoms with Gasteiger partial charge in [-0.3, -0.25) is 25.0 Å². The van der Waals surface area contributed by atoms with Gasteiger partial charge in [0.15, 0.2) is 11.5 Å². The van der Waals surface area contributed by atoms with E-state index in [1.54, 1.807) is 36.4 Å². The van der Waals surface area contributed by atoms with Crippen LogP contribution in [0, 0.1) is 20.2 Å². The van der Waals surface area contributed by atoms with Crippen LogP contribution in [-0.2, 0) is 6.61 Å². The van der Waals surface area contributed by atoms with Crippen molar-refractivity contribution in [2.75, 3.05) is 6.61 Å². The van der Waals surface area contributed by atoms with Crippen molar-refractivity contribution in [3.05, 3.63) is 128 Å². The first-order chi connectivity index (χ1) is 19.8. The van der Waals surface area contributed by atoms with Gasteiger partial charge in [0.1, 0.15) is 12.4 Å². The molecule has 0 saturated heterocycles. The highest BCUT2D eigenvalue weighted by Crippen LogP contribution is 2.34. The van der Waals surface area contributed by atoms with E-state index in [2.05, 4.69) is 10.5 Å². The fraction of sp³-hybridized carbons (Fsp3) is 0.103. The van der Waals surface area contributed by atoms with Crippen LogP contribution >= 0.6 is 0 Å². The molecular formula is C29H24N4O8. The number of hydrazone groups is 1. The lowest BCUT2D eigenvalue weighted by Crippen LogP contribution is -2.17. The minimum absolute atomic E-state index is 0.163. The minimum Gasteiger partial charge on any atom is -0.490 e. The van der Waals surface area contributed by atoms with E-state index in [0.717, 1.165) is 23.8 Å². The molecule has 4 aromatic rings. The van der Waals surface area contributed by atoms with Crippen LogP contribution in [0.4, 0.5) is 11.4 Å². The van der Waals surface area contributed by atoms with Crippen LogP contribution in [0.1, 0.15) is 28.4 Å². The second-order valence-corrected chi connectivity index (χ2v) is 8.41. The number of hydrogen-bond donors (Lipinski definition) is 1. The Kier molecular flexibility index (Phi) is 9.18. The number of ether oxygens (including phenoxy) is 3. The lowest BCUT2D eigenvalue weighted by atomic mass is 10.2. The first-order valence-electron chi connectivity index (χ1n) is 12.3. The fourth-order valence-corrected chi connectivity index (χ4v) is 3.64. The summed E-state index contributed by atoms with van der Waals surface area (Å²) in [6.45, 7) is 2.55. The largest absolute Gasteiger partial charge is 0.490 e. The predicted molar refractivity (Wildman–Crippen MR) is 150 cm³/mol. The number of hydrogen-bond acceptors (Lipinski definition) is 9. The zero-order chi connectivity index (χ0) is 29.2. The summed E-state index contributed by atoms with van der Waals surface area (Å²) >= 11 is 0. The zero-order valence-electron chi connectivity index (χ0n) is 21.8. The number of nitro benzene ring substituents is 2. The molecule has 0 spiro atoms. The van der Waals surface area contributed by atoms with Crippen molar-refractivity contribution in [2.45, 2.75) is 13.5 Å². The summed E-state index contributed by atoms with van der Waals surface area (Å²) in [5, 5.41) is 26.3. The molecule has 0 fully saturated rings. The average Bonchev–Trinajstić information content (AvgIpc) is 2.97. The average molecular weight is 557 g/mol. The maximum absolute atomic E-state index is 12.7. The van der Waals surface area contributed by atoms with E-state index in [4.69, 9.17) is 14.2 Å². The summed E-state index contributed by atoms with van der Waals surface area (Å²) < 4.78 is 17.1. The zero-order valence-corrected chi connectivity index (χ0v) is 21.8. The molecule has 0 heterocycles. The van der Waals surface area contributed by atoms with Crippen LogP contribution in [0.15, 0.2) is 96.1 Å². The predicted octanol–water partition coefficient (Wildman–Crippen LogP) is 6.04. The maximum atomic E-state index is 12.7. The molecule has 0 atom stereocenters. The smallest absolute Gasteiger partial charge is 0.318 e. The maximum Gasteiger partial charge on any atom is 0.318 e. The van der Waals surface area contributed by atoms with Gasteiger partial charge in [-0.25, -0.2) is 5.43 Å². The molecule has 0 aliphatic rings. The number of carbonyl (C=O) groups excluding carboxylic acids is 1. The molecular weight excluding hydrogens is 532 g/mol. The highest BCUT2D eigenvalue weighted by atomic mass is 16.6. The molecule has 12 heteroatoms. The molecule has 1 N–H and O–H groups in total. The van der Waals surface area contributed by atoms with Crippen molar-refractivity contribution in [1.82, 2.24) is 5.43 Å². The number of rotatable bonds is 12. The monoisotopic (exact) mass is 556 g/mol. The van der Waals surface area contributed by atoms with Crippen molar-refractivity contribution >= 4 is 23.5 Å². The van der Waals surface area contributed by atoms with Crippen molar-refractivity contribution in [1.29, 1.82) is 0 Å². The number of nitrogens with one attached hydrogen (secondary N) is 1. The van der Waals surface area contributed by atoms with Gasteiger partial charge >= 0.3 is 5.69 Å². The molecule has 4 aromatic carbocycles. The molecule has 0 aromatic heterocycles. The van der Waals surface area contributed by atoms with Gasteiger partial charge in [0.2, 0.25) is 5.75 Å². The molecule has 0 radical (unpaired) electrons. The first kappa shape index (κ1) is 28.2. The van der Waals surface area contributed by atoms with Crippen molar-refractivity contribution < 1.29 is 28.9 Å². The van der Waals surface area contributed by atoms with Crippen LogP contribution in [-0.4, -0.2) is 28.6 Å². The van der Waals surface area contributed by atoms with Crippen molar-refractivity contribution in [3.63, 3.8) is 0 Å². The van der Waals surface area contributed by atoms with Gasteiger partial charge in [-0.15, -0.1) is 0 Å². The number of carbonyl (C=O) groups is 1. The molecule has 0 aliphatic heterocycles. The molecule has 0 saturated carbocycles. The molecule has 0 unspecified atom stereocenters. The van der Waals surface area contributed by atoms with Gasteiger partial charge in [0.25, 0.3) is 11.6 Å². The molecule has 208 valence electrons. The third-order valence-electron chi connectivity index (χ3n) is 5.56. The number of benzene rings is 4. The van der Waals surface area contributed by atoms with Gasteiger partial charge in [0.05, 0.1) is 28.7 Å². The molecule has 1 amide bonds. The van der Waals surface area contributed by atoms with Crippen LogP contribution in [0.5, 0.6) is 23.0 Å². The Bertz CT molecular complexity index is 1590. The van der Waals surface area contributed by atoms with Gasteiger partial charge in [0, 0.05) is 11.6 Å². The first-order valence-corrected chi connectivity index (χ1v) is 12.3. The van der Waals surface area contributed by atoms with Crippen LogP contribution in [0.3, 0.4) is 0 Å². The van der Waals surface area contributed by atoms with E-state index in [9.17, 15) is 25.0 Å². The van der Waals surface area contributed by atoms with Gasteiger partial charge in [-0.05, 0) is 54.4 Å². The van der Waals surface area contributed by atoms with Gasteiger partial charge < -0.3 is 14.2 Å². The third-order valence-corrected chi connectivity index (χ3v) is 5.56. The summed E-state index contributed by atoms with van der Waals surface area (Å²) in [4.78, 5) is 33.5.